The third-order valence-corrected chi connectivity index (χ3v) is 5.29. The summed E-state index contributed by atoms with van der Waals surface area (Å²) in [6.07, 6.45) is 4.52. The normalized spacial score (nSPS) is 28.8. The van der Waals surface area contributed by atoms with Crippen molar-refractivity contribution >= 4 is 11.7 Å². The van der Waals surface area contributed by atoms with Crippen LogP contribution in [0.1, 0.15) is 19.3 Å². The van der Waals surface area contributed by atoms with Gasteiger partial charge in [-0.25, -0.2) is 9.59 Å². The zero-order valence-corrected chi connectivity index (χ0v) is 13.3. The third kappa shape index (κ3) is 2.67. The maximum absolute atomic E-state index is 12.2. The highest BCUT2D eigenvalue weighted by Gasteiger charge is 2.47. The molecule has 8 nitrogen and oxygen atoms in total. The Kier molecular flexibility index (Phi) is 4.01. The number of hydrogen-bond acceptors (Lipinski definition) is 4. The molecule has 2 aliphatic carbocycles. The molecule has 0 spiro atoms. The van der Waals surface area contributed by atoms with E-state index in [1.165, 1.54) is 24.9 Å². The molecular weight excluding hydrogens is 300 g/mol. The molecule has 126 valence electrons. The minimum absolute atomic E-state index is 0.0517. The molecule has 3 rings (SSSR count). The molecular formula is C15H22N4O4. The van der Waals surface area contributed by atoms with Crippen molar-refractivity contribution in [3.8, 4) is 0 Å². The van der Waals surface area contributed by atoms with E-state index in [1.807, 2.05) is 0 Å². The van der Waals surface area contributed by atoms with Gasteiger partial charge in [0.25, 0.3) is 5.56 Å². The van der Waals surface area contributed by atoms with Crippen molar-refractivity contribution in [2.45, 2.75) is 25.3 Å². The highest BCUT2D eigenvalue weighted by molar-refractivity contribution is 5.89. The van der Waals surface area contributed by atoms with Crippen LogP contribution in [0.15, 0.2) is 15.8 Å². The second-order valence-corrected chi connectivity index (χ2v) is 6.60. The molecule has 8 heteroatoms. The summed E-state index contributed by atoms with van der Waals surface area (Å²) in [6.45, 7) is 0.0632. The summed E-state index contributed by atoms with van der Waals surface area (Å²) < 4.78 is 2.19. The first kappa shape index (κ1) is 15.8. The van der Waals surface area contributed by atoms with Crippen LogP contribution >= 0.6 is 0 Å². The minimum Gasteiger partial charge on any atom is -0.396 e. The average Bonchev–Trinajstić information content (AvgIpc) is 3.11. The van der Waals surface area contributed by atoms with Crippen LogP contribution in [0, 0.1) is 17.8 Å². The molecule has 0 unspecified atom stereocenters. The van der Waals surface area contributed by atoms with Crippen LogP contribution in [0.5, 0.6) is 0 Å². The molecule has 2 amide bonds. The quantitative estimate of drug-likeness (QED) is 0.705. The number of nitrogens with one attached hydrogen (secondary N) is 2. The van der Waals surface area contributed by atoms with E-state index < -0.39 is 17.3 Å². The molecule has 1 aromatic heterocycles. The molecule has 3 N–H and O–H groups in total. The average molecular weight is 322 g/mol. The lowest BCUT2D eigenvalue weighted by Crippen LogP contribution is -2.48. The van der Waals surface area contributed by atoms with Crippen LogP contribution in [0.3, 0.4) is 0 Å². The number of nitrogens with zero attached hydrogens (tertiary/aromatic N) is 2. The molecule has 2 bridgehead atoms. The zero-order valence-electron chi connectivity index (χ0n) is 13.3. The van der Waals surface area contributed by atoms with E-state index in [4.69, 9.17) is 0 Å². The lowest BCUT2D eigenvalue weighted by atomic mass is 9.85. The van der Waals surface area contributed by atoms with Crippen molar-refractivity contribution in [1.82, 2.24) is 14.5 Å². The van der Waals surface area contributed by atoms with E-state index in [9.17, 15) is 19.5 Å². The standard InChI is InChI=1S/C15H22N4O4/c1-18-6-11(13(21)19(2)15(18)23)16-14(22)17-12-9-4-3-8(5-9)10(12)7-20/h6,8-10,12,20H,3-5,7H2,1-2H3,(H2,16,17,22)/t8-,9+,10+,12-/m0/s1. The Morgan fingerprint density at radius 3 is 2.70 bits per heavy atom. The van der Waals surface area contributed by atoms with Gasteiger partial charge in [0.2, 0.25) is 0 Å². The number of carbonyl (C=O) groups excluding carboxylic acids is 1. The molecule has 0 saturated heterocycles. The molecule has 0 radical (unpaired) electrons. The number of carbonyl (C=O) groups is 1. The predicted octanol–water partition coefficient (Wildman–Crippen LogP) is -0.387. The maximum Gasteiger partial charge on any atom is 0.330 e. The first-order valence-corrected chi connectivity index (χ1v) is 7.87. The number of aromatic nitrogens is 2. The van der Waals surface area contributed by atoms with Gasteiger partial charge < -0.3 is 20.3 Å². The molecule has 2 aliphatic rings. The summed E-state index contributed by atoms with van der Waals surface area (Å²) in [5.74, 6) is 0.953. The number of amides is 2. The Morgan fingerprint density at radius 1 is 1.30 bits per heavy atom. The van der Waals surface area contributed by atoms with Crippen molar-refractivity contribution in [2.75, 3.05) is 11.9 Å². The van der Waals surface area contributed by atoms with Gasteiger partial charge in [-0.3, -0.25) is 9.36 Å². The molecule has 2 fully saturated rings. The molecule has 4 atom stereocenters. The summed E-state index contributed by atoms with van der Waals surface area (Å²) in [6, 6.07) is -0.535. The maximum atomic E-state index is 12.2. The van der Waals surface area contributed by atoms with E-state index in [2.05, 4.69) is 10.6 Å². The molecule has 1 aromatic rings. The van der Waals surface area contributed by atoms with Crippen molar-refractivity contribution in [1.29, 1.82) is 0 Å². The van der Waals surface area contributed by atoms with E-state index in [1.54, 1.807) is 0 Å². The summed E-state index contributed by atoms with van der Waals surface area (Å²) in [5.41, 5.74) is -0.944. The molecule has 2 saturated carbocycles. The van der Waals surface area contributed by atoms with E-state index in [0.717, 1.165) is 23.8 Å². The van der Waals surface area contributed by atoms with Crippen molar-refractivity contribution in [3.05, 3.63) is 27.0 Å². The Hall–Kier alpha value is -2.09. The highest BCUT2D eigenvalue weighted by atomic mass is 16.3. The van der Waals surface area contributed by atoms with Crippen LogP contribution in [-0.2, 0) is 14.1 Å². The second kappa shape index (κ2) is 5.84. The van der Waals surface area contributed by atoms with Crippen LogP contribution in [0.25, 0.3) is 0 Å². The Labute approximate surface area is 133 Å². The lowest BCUT2D eigenvalue weighted by molar-refractivity contribution is 0.146. The second-order valence-electron chi connectivity index (χ2n) is 6.60. The van der Waals surface area contributed by atoms with Gasteiger partial charge in [-0.2, -0.15) is 0 Å². The largest absolute Gasteiger partial charge is 0.396 e. The number of hydrogen-bond donors (Lipinski definition) is 3. The van der Waals surface area contributed by atoms with Gasteiger partial charge in [-0.15, -0.1) is 0 Å². The Balaban J connectivity index is 1.73. The lowest BCUT2D eigenvalue weighted by Gasteiger charge is -2.30. The molecule has 0 aromatic carbocycles. The van der Waals surface area contributed by atoms with Crippen LogP contribution in [0.4, 0.5) is 10.5 Å². The summed E-state index contributed by atoms with van der Waals surface area (Å²) in [4.78, 5) is 35.9. The fraction of sp³-hybridized carbons (Fsp3) is 0.667. The van der Waals surface area contributed by atoms with Gasteiger partial charge in [-0.1, -0.05) is 0 Å². The Bertz CT molecular complexity index is 738. The summed E-state index contributed by atoms with van der Waals surface area (Å²) >= 11 is 0. The summed E-state index contributed by atoms with van der Waals surface area (Å²) in [5, 5.41) is 15.0. The minimum atomic E-state index is -0.546. The number of aliphatic hydroxyl groups excluding tert-OH is 1. The number of rotatable bonds is 3. The monoisotopic (exact) mass is 322 g/mol. The van der Waals surface area contributed by atoms with E-state index in [-0.39, 0.29) is 24.3 Å². The number of fused-ring (bicyclic) bond motifs is 2. The van der Waals surface area contributed by atoms with Crippen molar-refractivity contribution in [2.24, 2.45) is 31.8 Å². The fourth-order valence-corrected chi connectivity index (χ4v) is 4.10. The molecule has 0 aliphatic heterocycles. The van der Waals surface area contributed by atoms with Gasteiger partial charge in [0, 0.05) is 38.9 Å². The van der Waals surface area contributed by atoms with Crippen LogP contribution < -0.4 is 21.9 Å². The molecule has 1 heterocycles. The van der Waals surface area contributed by atoms with Gasteiger partial charge in [-0.05, 0) is 31.1 Å². The summed E-state index contributed by atoms with van der Waals surface area (Å²) in [7, 11) is 2.88. The first-order chi connectivity index (χ1) is 10.9. The molecule has 23 heavy (non-hydrogen) atoms. The fourth-order valence-electron chi connectivity index (χ4n) is 4.10. The Morgan fingerprint density at radius 2 is 2.00 bits per heavy atom. The van der Waals surface area contributed by atoms with Crippen LogP contribution in [-0.4, -0.2) is 32.9 Å². The number of aliphatic hydroxyl groups is 1. The van der Waals surface area contributed by atoms with Crippen LogP contribution in [0.2, 0.25) is 0 Å². The van der Waals surface area contributed by atoms with E-state index in [0.29, 0.717) is 11.8 Å². The number of urea groups is 1. The van der Waals surface area contributed by atoms with Gasteiger partial charge in [0.15, 0.2) is 0 Å². The van der Waals surface area contributed by atoms with Crippen molar-refractivity contribution in [3.63, 3.8) is 0 Å². The first-order valence-electron chi connectivity index (χ1n) is 7.87. The SMILES string of the molecule is Cn1cc(NC(=O)N[C@H]2[C@@H]3CC[C@@H](C3)[C@H]2CO)c(=O)n(C)c1=O. The highest BCUT2D eigenvalue weighted by Crippen LogP contribution is 2.48. The smallest absolute Gasteiger partial charge is 0.330 e. The van der Waals surface area contributed by atoms with Gasteiger partial charge in [0.05, 0.1) is 0 Å². The number of anilines is 1. The topological polar surface area (TPSA) is 105 Å². The van der Waals surface area contributed by atoms with Gasteiger partial charge >= 0.3 is 11.7 Å². The number of aryl methyl sites for hydroxylation is 1. The van der Waals surface area contributed by atoms with Gasteiger partial charge in [0.1, 0.15) is 5.69 Å². The zero-order chi connectivity index (χ0) is 16.7. The van der Waals surface area contributed by atoms with Crippen molar-refractivity contribution < 1.29 is 9.90 Å². The van der Waals surface area contributed by atoms with E-state index >= 15 is 0 Å². The predicted molar refractivity (Wildman–Crippen MR) is 84.3 cm³/mol. The third-order valence-electron chi connectivity index (χ3n) is 5.29.